The monoisotopic (exact) mass is 370 g/mol. The average Bonchev–Trinajstić information content (AvgIpc) is 3.03. The van der Waals surface area contributed by atoms with Crippen LogP contribution < -0.4 is 15.8 Å². The van der Waals surface area contributed by atoms with Gasteiger partial charge in [0.1, 0.15) is 11.9 Å². The van der Waals surface area contributed by atoms with E-state index in [1.807, 2.05) is 6.26 Å². The van der Waals surface area contributed by atoms with Gasteiger partial charge < -0.3 is 15.8 Å². The molecule has 3 rings (SSSR count). The zero-order valence-corrected chi connectivity index (χ0v) is 16.1. The lowest BCUT2D eigenvalue weighted by Crippen LogP contribution is -2.40. The number of carbonyl (C=O) groups excluding carboxylic acids is 1. The molecule has 0 fully saturated rings. The Morgan fingerprint density at radius 2 is 2.00 bits per heavy atom. The van der Waals surface area contributed by atoms with E-state index in [9.17, 15) is 4.79 Å². The van der Waals surface area contributed by atoms with E-state index in [2.05, 4.69) is 54.7 Å². The number of rotatable bonds is 7. The fraction of sp³-hybridized carbons (Fsp3) is 0.381. The van der Waals surface area contributed by atoms with E-state index in [1.165, 1.54) is 16.7 Å². The van der Waals surface area contributed by atoms with Crippen molar-refractivity contribution in [3.05, 3.63) is 53.6 Å². The number of benzene rings is 2. The van der Waals surface area contributed by atoms with E-state index in [0.717, 1.165) is 23.5 Å². The normalized spacial score (nSPS) is 16.7. The highest BCUT2D eigenvalue weighted by Gasteiger charge is 2.19. The first-order chi connectivity index (χ1) is 12.6. The third kappa shape index (κ3) is 4.59. The van der Waals surface area contributed by atoms with Gasteiger partial charge in [0.15, 0.2) is 0 Å². The maximum Gasteiger partial charge on any atom is 0.237 e. The minimum atomic E-state index is -0.433. The molecule has 0 saturated heterocycles. The second kappa shape index (κ2) is 8.60. The van der Waals surface area contributed by atoms with Crippen molar-refractivity contribution in [3.63, 3.8) is 0 Å². The lowest BCUT2D eigenvalue weighted by Gasteiger charge is -2.12. The Kier molecular flexibility index (Phi) is 6.22. The molecule has 4 nitrogen and oxygen atoms in total. The molecule has 138 valence electrons. The maximum absolute atomic E-state index is 12.0. The Morgan fingerprint density at radius 1 is 1.27 bits per heavy atom. The van der Waals surface area contributed by atoms with Crippen molar-refractivity contribution in [1.29, 1.82) is 0 Å². The molecule has 0 spiro atoms. The number of hydrogen-bond donors (Lipinski definition) is 2. The summed E-state index contributed by atoms with van der Waals surface area (Å²) in [7, 11) is 0. The molecular weight excluding hydrogens is 344 g/mol. The van der Waals surface area contributed by atoms with E-state index in [1.54, 1.807) is 11.8 Å². The largest absolute Gasteiger partial charge is 0.490 e. The number of nitrogens with two attached hydrogens (primary N) is 1. The van der Waals surface area contributed by atoms with Gasteiger partial charge in [0.2, 0.25) is 5.91 Å². The van der Waals surface area contributed by atoms with Gasteiger partial charge in [-0.2, -0.15) is 11.8 Å². The molecule has 2 atom stereocenters. The Hall–Kier alpha value is -1.98. The fourth-order valence-corrected chi connectivity index (χ4v) is 3.60. The van der Waals surface area contributed by atoms with Crippen molar-refractivity contribution in [1.82, 2.24) is 5.32 Å². The van der Waals surface area contributed by atoms with Gasteiger partial charge in [-0.05, 0) is 59.7 Å². The molecular formula is C21H26N2O2S. The van der Waals surface area contributed by atoms with E-state index in [-0.39, 0.29) is 12.0 Å². The molecule has 1 aliphatic heterocycles. The third-order valence-electron chi connectivity index (χ3n) is 4.62. The topological polar surface area (TPSA) is 64.4 Å². The number of amides is 1. The molecule has 0 radical (unpaired) electrons. The Labute approximate surface area is 159 Å². The predicted octanol–water partition coefficient (Wildman–Crippen LogP) is 3.37. The summed E-state index contributed by atoms with van der Waals surface area (Å²) in [5.41, 5.74) is 10.6. The van der Waals surface area contributed by atoms with Crippen LogP contribution in [-0.2, 0) is 17.8 Å². The quantitative estimate of drug-likeness (QED) is 0.784. The molecule has 0 aromatic heterocycles. The number of carbonyl (C=O) groups is 1. The van der Waals surface area contributed by atoms with Crippen molar-refractivity contribution < 1.29 is 9.53 Å². The van der Waals surface area contributed by atoms with Crippen molar-refractivity contribution in [2.24, 2.45) is 5.73 Å². The van der Waals surface area contributed by atoms with Crippen LogP contribution in [0.2, 0.25) is 0 Å². The summed E-state index contributed by atoms with van der Waals surface area (Å²) in [6.45, 7) is 2.59. The van der Waals surface area contributed by atoms with E-state index in [4.69, 9.17) is 10.5 Å². The van der Waals surface area contributed by atoms with Gasteiger partial charge in [-0.15, -0.1) is 0 Å². The van der Waals surface area contributed by atoms with Crippen LogP contribution >= 0.6 is 11.8 Å². The number of ether oxygens (including phenoxy) is 1. The molecule has 1 heterocycles. The van der Waals surface area contributed by atoms with Crippen LogP contribution in [-0.4, -0.2) is 30.1 Å². The van der Waals surface area contributed by atoms with Gasteiger partial charge in [0.05, 0.1) is 6.04 Å². The van der Waals surface area contributed by atoms with Crippen LogP contribution in [0.1, 0.15) is 24.5 Å². The van der Waals surface area contributed by atoms with Gasteiger partial charge in [-0.3, -0.25) is 4.79 Å². The highest BCUT2D eigenvalue weighted by molar-refractivity contribution is 7.98. The molecule has 1 amide bonds. The van der Waals surface area contributed by atoms with Crippen LogP contribution in [0.5, 0.6) is 5.75 Å². The first-order valence-corrected chi connectivity index (χ1v) is 10.4. The lowest BCUT2D eigenvalue weighted by molar-refractivity contribution is -0.122. The molecule has 5 heteroatoms. The fourth-order valence-electron chi connectivity index (χ4n) is 3.11. The van der Waals surface area contributed by atoms with Gasteiger partial charge >= 0.3 is 0 Å². The first kappa shape index (κ1) is 18.8. The lowest BCUT2D eigenvalue weighted by atomic mass is 10.00. The number of hydrogen-bond acceptors (Lipinski definition) is 4. The summed E-state index contributed by atoms with van der Waals surface area (Å²) >= 11 is 1.70. The van der Waals surface area contributed by atoms with Crippen LogP contribution in [0.3, 0.4) is 0 Å². The number of fused-ring (bicyclic) bond motifs is 1. The van der Waals surface area contributed by atoms with Crippen LogP contribution in [0, 0.1) is 0 Å². The molecule has 2 unspecified atom stereocenters. The number of thioether (sulfide) groups is 1. The standard InChI is InChI=1S/C21H26N2O2S/c1-14-11-18-12-17(7-8-20(18)25-14)16-5-3-15(4-6-16)13-23-21(24)19(22)9-10-26-2/h3-8,12,14,19H,9-11,13,22H2,1-2H3,(H,23,24). The minimum absolute atomic E-state index is 0.0872. The Morgan fingerprint density at radius 3 is 2.73 bits per heavy atom. The number of nitrogens with one attached hydrogen (secondary N) is 1. The van der Waals surface area contributed by atoms with Gasteiger partial charge in [0.25, 0.3) is 0 Å². The van der Waals surface area contributed by atoms with Crippen LogP contribution in [0.25, 0.3) is 11.1 Å². The van der Waals surface area contributed by atoms with Crippen LogP contribution in [0.4, 0.5) is 0 Å². The Balaban J connectivity index is 1.59. The first-order valence-electron chi connectivity index (χ1n) is 8.98. The third-order valence-corrected chi connectivity index (χ3v) is 5.26. The molecule has 0 bridgehead atoms. The highest BCUT2D eigenvalue weighted by atomic mass is 32.2. The van der Waals surface area contributed by atoms with Crippen LogP contribution in [0.15, 0.2) is 42.5 Å². The maximum atomic E-state index is 12.0. The summed E-state index contributed by atoms with van der Waals surface area (Å²) in [4.78, 5) is 12.0. The molecule has 2 aromatic carbocycles. The zero-order valence-electron chi connectivity index (χ0n) is 15.3. The van der Waals surface area contributed by atoms with Gasteiger partial charge in [-0.1, -0.05) is 30.3 Å². The summed E-state index contributed by atoms with van der Waals surface area (Å²) < 4.78 is 5.76. The molecule has 2 aromatic rings. The van der Waals surface area contributed by atoms with Crippen molar-refractivity contribution >= 4 is 17.7 Å². The average molecular weight is 371 g/mol. The van der Waals surface area contributed by atoms with Crippen molar-refractivity contribution in [2.45, 2.75) is 38.5 Å². The second-order valence-corrected chi connectivity index (χ2v) is 7.74. The summed E-state index contributed by atoms with van der Waals surface area (Å²) in [6, 6.07) is 14.2. The van der Waals surface area contributed by atoms with E-state index < -0.39 is 6.04 Å². The molecule has 26 heavy (non-hydrogen) atoms. The summed E-state index contributed by atoms with van der Waals surface area (Å²) in [5, 5.41) is 2.92. The minimum Gasteiger partial charge on any atom is -0.490 e. The Bertz CT molecular complexity index is 761. The molecule has 3 N–H and O–H groups in total. The predicted molar refractivity (Wildman–Crippen MR) is 108 cm³/mol. The van der Waals surface area contributed by atoms with E-state index in [0.29, 0.717) is 13.0 Å². The summed E-state index contributed by atoms with van der Waals surface area (Å²) in [6.07, 6.45) is 3.94. The highest BCUT2D eigenvalue weighted by Crippen LogP contribution is 2.32. The molecule has 0 saturated carbocycles. The van der Waals surface area contributed by atoms with Crippen molar-refractivity contribution in [2.75, 3.05) is 12.0 Å². The SMILES string of the molecule is CSCCC(N)C(=O)NCc1ccc(-c2ccc3c(c2)CC(C)O3)cc1. The van der Waals surface area contributed by atoms with Crippen molar-refractivity contribution in [3.8, 4) is 16.9 Å². The molecule has 0 aliphatic carbocycles. The second-order valence-electron chi connectivity index (χ2n) is 6.76. The van der Waals surface area contributed by atoms with Gasteiger partial charge in [0, 0.05) is 13.0 Å². The smallest absolute Gasteiger partial charge is 0.237 e. The zero-order chi connectivity index (χ0) is 18.5. The van der Waals surface area contributed by atoms with E-state index >= 15 is 0 Å². The summed E-state index contributed by atoms with van der Waals surface area (Å²) in [5.74, 6) is 1.81. The van der Waals surface area contributed by atoms with Gasteiger partial charge in [-0.25, -0.2) is 0 Å². The molecule has 1 aliphatic rings.